The van der Waals surface area contributed by atoms with E-state index in [2.05, 4.69) is 23.0 Å². The van der Waals surface area contributed by atoms with Crippen molar-refractivity contribution in [2.45, 2.75) is 50.3 Å². The molecule has 0 radical (unpaired) electrons. The number of hydrogen-bond donors (Lipinski definition) is 0. The van der Waals surface area contributed by atoms with E-state index in [4.69, 9.17) is 9.47 Å². The predicted molar refractivity (Wildman–Crippen MR) is 77.1 cm³/mol. The van der Waals surface area contributed by atoms with Gasteiger partial charge in [0.1, 0.15) is 6.11 Å². The van der Waals surface area contributed by atoms with Crippen molar-refractivity contribution in [1.29, 1.82) is 0 Å². The van der Waals surface area contributed by atoms with Crippen LogP contribution < -0.4 is 0 Å². The van der Waals surface area contributed by atoms with Gasteiger partial charge in [-0.25, -0.2) is 4.79 Å². The van der Waals surface area contributed by atoms with Gasteiger partial charge in [0.25, 0.3) is 0 Å². The zero-order valence-electron chi connectivity index (χ0n) is 12.2. The zero-order chi connectivity index (χ0) is 14.4. The molecule has 0 amide bonds. The molecule has 4 aliphatic rings. The van der Waals surface area contributed by atoms with E-state index in [1.807, 2.05) is 6.92 Å². The molecule has 3 aliphatic heterocycles. The van der Waals surface area contributed by atoms with Crippen molar-refractivity contribution < 1.29 is 14.3 Å². The van der Waals surface area contributed by atoms with Gasteiger partial charge in [0.15, 0.2) is 5.60 Å². The van der Waals surface area contributed by atoms with Crippen LogP contribution in [0, 0.1) is 12.0 Å². The van der Waals surface area contributed by atoms with E-state index >= 15 is 0 Å². The highest BCUT2D eigenvalue weighted by atomic mass is 16.6. The minimum absolute atomic E-state index is 0.220. The number of ether oxygens (including phenoxy) is 2. The van der Waals surface area contributed by atoms with Gasteiger partial charge in [-0.15, -0.1) is 0 Å². The van der Waals surface area contributed by atoms with E-state index in [-0.39, 0.29) is 5.97 Å². The molecule has 0 aromatic carbocycles. The molecule has 1 aliphatic carbocycles. The molecule has 3 atom stereocenters. The average molecular weight is 285 g/mol. The molecule has 0 unspecified atom stereocenters. The Balaban J connectivity index is 1.77. The van der Waals surface area contributed by atoms with Crippen molar-refractivity contribution >= 4 is 5.97 Å². The molecular weight excluding hydrogens is 266 g/mol. The maximum absolute atomic E-state index is 11.9. The molecule has 1 spiro atoms. The van der Waals surface area contributed by atoms with Gasteiger partial charge in [-0.3, -0.25) is 4.90 Å². The van der Waals surface area contributed by atoms with Crippen LogP contribution in [0.1, 0.15) is 32.6 Å². The lowest BCUT2D eigenvalue weighted by molar-refractivity contribution is -0.148. The fraction of sp³-hybridized carbons (Fsp3) is 0.588. The van der Waals surface area contributed by atoms with E-state index < -0.39 is 5.60 Å². The Kier molecular flexibility index (Phi) is 2.87. The Morgan fingerprint density at radius 1 is 1.52 bits per heavy atom. The largest absolute Gasteiger partial charge is 0.449 e. The van der Waals surface area contributed by atoms with Crippen LogP contribution in [-0.4, -0.2) is 41.7 Å². The van der Waals surface area contributed by atoms with Crippen molar-refractivity contribution in [1.82, 2.24) is 4.90 Å². The quantitative estimate of drug-likeness (QED) is 0.544. The molecule has 2 bridgehead atoms. The summed E-state index contributed by atoms with van der Waals surface area (Å²) >= 11 is 0. The average Bonchev–Trinajstić information content (AvgIpc) is 2.96. The van der Waals surface area contributed by atoms with E-state index in [0.29, 0.717) is 18.7 Å². The first-order valence-corrected chi connectivity index (χ1v) is 7.80. The predicted octanol–water partition coefficient (Wildman–Crippen LogP) is 1.77. The number of carbonyl (C=O) groups excluding carboxylic acids is 1. The third-order valence-electron chi connectivity index (χ3n) is 5.07. The Morgan fingerprint density at radius 3 is 3.29 bits per heavy atom. The van der Waals surface area contributed by atoms with Gasteiger partial charge in [0, 0.05) is 29.7 Å². The smallest absolute Gasteiger partial charge is 0.332 e. The van der Waals surface area contributed by atoms with Crippen LogP contribution in [0.2, 0.25) is 0 Å². The van der Waals surface area contributed by atoms with Crippen molar-refractivity contribution in [3.8, 4) is 12.0 Å². The highest BCUT2D eigenvalue weighted by Gasteiger charge is 2.61. The lowest BCUT2D eigenvalue weighted by Crippen LogP contribution is -2.48. The van der Waals surface area contributed by atoms with Gasteiger partial charge in [0.05, 0.1) is 12.6 Å². The first kappa shape index (κ1) is 13.0. The van der Waals surface area contributed by atoms with E-state index in [0.717, 1.165) is 30.5 Å². The van der Waals surface area contributed by atoms with Gasteiger partial charge in [-0.05, 0) is 32.2 Å². The van der Waals surface area contributed by atoms with Crippen LogP contribution in [0.3, 0.4) is 0 Å². The normalized spacial score (nSPS) is 36.7. The van der Waals surface area contributed by atoms with Crippen LogP contribution >= 0.6 is 0 Å². The summed E-state index contributed by atoms with van der Waals surface area (Å²) in [6, 6.07) is 0.654. The summed E-state index contributed by atoms with van der Waals surface area (Å²) in [5.74, 6) is 2.86. The molecule has 0 aromatic heterocycles. The number of fused-ring (bicyclic) bond motifs is 3. The first-order chi connectivity index (χ1) is 10.2. The molecule has 110 valence electrons. The Morgan fingerprint density at radius 2 is 2.43 bits per heavy atom. The maximum Gasteiger partial charge on any atom is 0.332 e. The molecular formula is C17H19NO3. The molecule has 4 nitrogen and oxygen atoms in total. The van der Waals surface area contributed by atoms with Crippen molar-refractivity contribution in [2.24, 2.45) is 0 Å². The summed E-state index contributed by atoms with van der Waals surface area (Å²) in [4.78, 5) is 14.4. The number of hydrogen-bond acceptors (Lipinski definition) is 4. The molecule has 0 saturated carbocycles. The molecule has 21 heavy (non-hydrogen) atoms. The van der Waals surface area contributed by atoms with Gasteiger partial charge in [0.2, 0.25) is 0 Å². The number of rotatable bonds is 1. The highest BCUT2D eigenvalue weighted by molar-refractivity contribution is 5.90. The van der Waals surface area contributed by atoms with Crippen molar-refractivity contribution in [3.63, 3.8) is 0 Å². The molecule has 2 fully saturated rings. The first-order valence-electron chi connectivity index (χ1n) is 7.80. The van der Waals surface area contributed by atoms with Gasteiger partial charge >= 0.3 is 5.97 Å². The van der Waals surface area contributed by atoms with Crippen LogP contribution in [-0.2, 0) is 14.3 Å². The van der Waals surface area contributed by atoms with Crippen molar-refractivity contribution in [2.75, 3.05) is 13.2 Å². The minimum atomic E-state index is -0.451. The SMILES string of the molecule is CCOC#CC1=C[C@@H]2C[C@@]3(OC(=O)C=C13)[C@H]1CCCCN21. The molecule has 0 aromatic rings. The second-order valence-corrected chi connectivity index (χ2v) is 6.13. The molecule has 3 heterocycles. The standard InChI is InChI=1S/C17H19NO3/c1-2-20-8-6-12-9-13-11-17(14(12)10-16(19)21-17)15-5-3-4-7-18(13)15/h9-10,13,15H,2-5,7,11H2,1H3/t13-,15-,17+/m1/s1. The van der Waals surface area contributed by atoms with Gasteiger partial charge < -0.3 is 9.47 Å². The lowest BCUT2D eigenvalue weighted by atomic mass is 9.77. The molecule has 2 saturated heterocycles. The lowest BCUT2D eigenvalue weighted by Gasteiger charge is -2.38. The van der Waals surface area contributed by atoms with E-state index in [9.17, 15) is 4.79 Å². The summed E-state index contributed by atoms with van der Waals surface area (Å²) in [7, 11) is 0. The van der Waals surface area contributed by atoms with E-state index in [1.54, 1.807) is 6.08 Å². The van der Waals surface area contributed by atoms with Crippen LogP contribution in [0.4, 0.5) is 0 Å². The number of piperidine rings is 1. The minimum Gasteiger partial charge on any atom is -0.449 e. The number of esters is 1. The summed E-state index contributed by atoms with van der Waals surface area (Å²) < 4.78 is 11.0. The molecule has 4 heteroatoms. The summed E-state index contributed by atoms with van der Waals surface area (Å²) in [6.07, 6.45) is 11.0. The Bertz CT molecular complexity index is 609. The highest BCUT2D eigenvalue weighted by Crippen LogP contribution is 2.53. The van der Waals surface area contributed by atoms with E-state index in [1.165, 1.54) is 12.8 Å². The second-order valence-electron chi connectivity index (χ2n) is 6.13. The summed E-state index contributed by atoms with van der Waals surface area (Å²) in [6.45, 7) is 3.57. The zero-order valence-corrected chi connectivity index (χ0v) is 12.2. The Hall–Kier alpha value is -1.73. The topological polar surface area (TPSA) is 38.8 Å². The third-order valence-corrected chi connectivity index (χ3v) is 5.07. The van der Waals surface area contributed by atoms with Crippen LogP contribution in [0.25, 0.3) is 0 Å². The number of carbonyl (C=O) groups is 1. The second kappa shape index (κ2) is 4.64. The molecule has 4 rings (SSSR count). The third kappa shape index (κ3) is 1.77. The fourth-order valence-corrected chi connectivity index (χ4v) is 4.33. The monoisotopic (exact) mass is 285 g/mol. The Labute approximate surface area is 124 Å². The van der Waals surface area contributed by atoms with Crippen LogP contribution in [0.5, 0.6) is 0 Å². The van der Waals surface area contributed by atoms with Gasteiger partial charge in [-0.1, -0.05) is 12.5 Å². The number of nitrogens with zero attached hydrogens (tertiary/aromatic N) is 1. The molecule has 0 N–H and O–H groups in total. The van der Waals surface area contributed by atoms with Gasteiger partial charge in [-0.2, -0.15) is 0 Å². The maximum atomic E-state index is 11.9. The van der Waals surface area contributed by atoms with Crippen molar-refractivity contribution in [3.05, 3.63) is 23.3 Å². The summed E-state index contributed by atoms with van der Waals surface area (Å²) in [5.41, 5.74) is 1.44. The van der Waals surface area contributed by atoms with Crippen LogP contribution in [0.15, 0.2) is 23.3 Å². The summed E-state index contributed by atoms with van der Waals surface area (Å²) in [5, 5.41) is 0. The fourth-order valence-electron chi connectivity index (χ4n) is 4.33.